The normalized spacial score (nSPS) is 11.6. The Morgan fingerprint density at radius 2 is 2.09 bits per heavy atom. The summed E-state index contributed by atoms with van der Waals surface area (Å²) in [5.41, 5.74) is 7.76. The van der Waals surface area contributed by atoms with Crippen LogP contribution in [0.3, 0.4) is 0 Å². The van der Waals surface area contributed by atoms with Crippen molar-refractivity contribution in [2.24, 2.45) is 10.9 Å². The van der Waals surface area contributed by atoms with Crippen LogP contribution in [0.1, 0.15) is 11.3 Å². The summed E-state index contributed by atoms with van der Waals surface area (Å²) in [6.45, 7) is 1.92. The second-order valence-corrected chi connectivity index (χ2v) is 4.75. The summed E-state index contributed by atoms with van der Waals surface area (Å²) >= 11 is 0. The Kier molecular flexibility index (Phi) is 3.57. The molecule has 3 N–H and O–H groups in total. The molecule has 3 rings (SSSR count). The average molecular weight is 294 g/mol. The molecule has 22 heavy (non-hydrogen) atoms. The maximum Gasteiger partial charge on any atom is 0.220 e. The van der Waals surface area contributed by atoms with Crippen LogP contribution in [0, 0.1) is 6.92 Å². The van der Waals surface area contributed by atoms with Crippen LogP contribution in [-0.2, 0) is 0 Å². The first-order valence-electron chi connectivity index (χ1n) is 6.65. The summed E-state index contributed by atoms with van der Waals surface area (Å²) < 4.78 is 5.82. The van der Waals surface area contributed by atoms with Gasteiger partial charge in [0.15, 0.2) is 11.6 Å². The lowest BCUT2D eigenvalue weighted by Gasteiger charge is -2.09. The van der Waals surface area contributed by atoms with Crippen LogP contribution in [0.4, 0.5) is 0 Å². The second kappa shape index (κ2) is 5.69. The van der Waals surface area contributed by atoms with Crippen molar-refractivity contribution in [3.63, 3.8) is 0 Å². The van der Waals surface area contributed by atoms with Gasteiger partial charge in [-0.25, -0.2) is 9.97 Å². The van der Waals surface area contributed by atoms with E-state index in [-0.39, 0.29) is 5.84 Å². The number of nitrogens with zero attached hydrogens (tertiary/aromatic N) is 3. The van der Waals surface area contributed by atoms with Gasteiger partial charge in [-0.1, -0.05) is 23.4 Å². The lowest BCUT2D eigenvalue weighted by atomic mass is 10.2. The highest BCUT2D eigenvalue weighted by atomic mass is 16.5. The predicted octanol–water partition coefficient (Wildman–Crippen LogP) is 2.83. The quantitative estimate of drug-likeness (QED) is 0.335. The van der Waals surface area contributed by atoms with Gasteiger partial charge in [0, 0.05) is 28.9 Å². The molecule has 1 aromatic carbocycles. The molecule has 0 saturated heterocycles. The number of nitrogens with two attached hydrogens (primary N) is 1. The van der Waals surface area contributed by atoms with E-state index in [4.69, 9.17) is 15.7 Å². The van der Waals surface area contributed by atoms with E-state index in [1.54, 1.807) is 12.1 Å². The van der Waals surface area contributed by atoms with Crippen molar-refractivity contribution < 1.29 is 9.94 Å². The van der Waals surface area contributed by atoms with Gasteiger partial charge in [-0.15, -0.1) is 0 Å². The van der Waals surface area contributed by atoms with Crippen LogP contribution in [-0.4, -0.2) is 21.0 Å². The number of oxime groups is 1. The number of hydrogen-bond acceptors (Lipinski definition) is 5. The van der Waals surface area contributed by atoms with Crippen LogP contribution >= 0.6 is 0 Å². The molecule has 3 aromatic rings. The summed E-state index contributed by atoms with van der Waals surface area (Å²) in [4.78, 5) is 8.64. The Labute approximate surface area is 126 Å². The van der Waals surface area contributed by atoms with Gasteiger partial charge in [-0.3, -0.25) is 0 Å². The average Bonchev–Trinajstić information content (AvgIpc) is 2.55. The minimum atomic E-state index is -0.000797. The number of aromatic nitrogens is 2. The SMILES string of the molecule is Cc1ccc2cccc(Oc3cc(/C(N)=N/O)ccn3)c2n1. The molecular weight excluding hydrogens is 280 g/mol. The molecule has 0 fully saturated rings. The van der Waals surface area contributed by atoms with Crippen LogP contribution in [0.25, 0.3) is 10.9 Å². The largest absolute Gasteiger partial charge is 0.437 e. The number of benzene rings is 1. The number of para-hydroxylation sites is 1. The Bertz CT molecular complexity index is 862. The van der Waals surface area contributed by atoms with E-state index in [9.17, 15) is 0 Å². The zero-order valence-electron chi connectivity index (χ0n) is 11.9. The van der Waals surface area contributed by atoms with Crippen molar-refractivity contribution in [3.05, 3.63) is 59.9 Å². The molecule has 0 bridgehead atoms. The van der Waals surface area contributed by atoms with Gasteiger partial charge >= 0.3 is 0 Å². The van der Waals surface area contributed by atoms with Crippen molar-refractivity contribution in [1.29, 1.82) is 0 Å². The Balaban J connectivity index is 2.02. The topological polar surface area (TPSA) is 93.6 Å². The van der Waals surface area contributed by atoms with Gasteiger partial charge in [0.25, 0.3) is 0 Å². The van der Waals surface area contributed by atoms with Gasteiger partial charge in [-0.05, 0) is 25.1 Å². The van der Waals surface area contributed by atoms with Crippen LogP contribution in [0.2, 0.25) is 0 Å². The number of fused-ring (bicyclic) bond motifs is 1. The number of aryl methyl sites for hydroxylation is 1. The molecule has 110 valence electrons. The molecule has 6 nitrogen and oxygen atoms in total. The molecule has 0 atom stereocenters. The molecule has 0 aliphatic heterocycles. The molecule has 0 aliphatic rings. The van der Waals surface area contributed by atoms with E-state index in [1.165, 1.54) is 6.20 Å². The van der Waals surface area contributed by atoms with E-state index < -0.39 is 0 Å². The van der Waals surface area contributed by atoms with E-state index >= 15 is 0 Å². The Hall–Kier alpha value is -3.15. The lowest BCUT2D eigenvalue weighted by Crippen LogP contribution is -2.13. The van der Waals surface area contributed by atoms with E-state index in [1.807, 2.05) is 37.3 Å². The van der Waals surface area contributed by atoms with Crippen LogP contribution < -0.4 is 10.5 Å². The summed E-state index contributed by atoms with van der Waals surface area (Å²) in [6, 6.07) is 12.9. The van der Waals surface area contributed by atoms with Crippen molar-refractivity contribution in [3.8, 4) is 11.6 Å². The number of amidine groups is 1. The second-order valence-electron chi connectivity index (χ2n) is 4.75. The van der Waals surface area contributed by atoms with Crippen molar-refractivity contribution in [2.45, 2.75) is 6.92 Å². The molecule has 0 saturated carbocycles. The van der Waals surface area contributed by atoms with Gasteiger partial charge in [0.2, 0.25) is 5.88 Å². The predicted molar refractivity (Wildman–Crippen MR) is 83.3 cm³/mol. The number of pyridine rings is 2. The zero-order valence-corrected chi connectivity index (χ0v) is 11.9. The van der Waals surface area contributed by atoms with Gasteiger partial charge in [0.05, 0.1) is 0 Å². The van der Waals surface area contributed by atoms with Crippen molar-refractivity contribution in [2.75, 3.05) is 0 Å². The Morgan fingerprint density at radius 3 is 2.91 bits per heavy atom. The highest BCUT2D eigenvalue weighted by Gasteiger charge is 2.08. The highest BCUT2D eigenvalue weighted by Crippen LogP contribution is 2.28. The highest BCUT2D eigenvalue weighted by molar-refractivity contribution is 5.97. The van der Waals surface area contributed by atoms with Crippen molar-refractivity contribution >= 4 is 16.7 Å². The van der Waals surface area contributed by atoms with Crippen LogP contribution in [0.15, 0.2) is 53.8 Å². The number of rotatable bonds is 3. The maximum atomic E-state index is 8.73. The number of ether oxygens (including phenoxy) is 1. The monoisotopic (exact) mass is 294 g/mol. The third-order valence-electron chi connectivity index (χ3n) is 3.18. The summed E-state index contributed by atoms with van der Waals surface area (Å²) in [7, 11) is 0. The first-order valence-corrected chi connectivity index (χ1v) is 6.65. The fourth-order valence-corrected chi connectivity index (χ4v) is 2.09. The minimum absolute atomic E-state index is 0.000797. The molecule has 0 spiro atoms. The molecule has 0 amide bonds. The fourth-order valence-electron chi connectivity index (χ4n) is 2.09. The summed E-state index contributed by atoms with van der Waals surface area (Å²) in [5, 5.41) is 12.7. The molecule has 2 aromatic heterocycles. The third kappa shape index (κ3) is 2.67. The summed E-state index contributed by atoms with van der Waals surface area (Å²) in [5.74, 6) is 0.949. The first-order chi connectivity index (χ1) is 10.7. The van der Waals surface area contributed by atoms with Crippen LogP contribution in [0.5, 0.6) is 11.6 Å². The third-order valence-corrected chi connectivity index (χ3v) is 3.18. The molecular formula is C16H14N4O2. The molecule has 0 unspecified atom stereocenters. The van der Waals surface area contributed by atoms with Gasteiger partial charge in [-0.2, -0.15) is 0 Å². The standard InChI is InChI=1S/C16H14N4O2/c1-10-5-6-11-3-2-4-13(15(11)19-10)22-14-9-12(7-8-18-14)16(17)20-21/h2-9,21H,1H3,(H2,17,20). The van der Waals surface area contributed by atoms with Gasteiger partial charge < -0.3 is 15.7 Å². The fraction of sp³-hybridized carbons (Fsp3) is 0.0625. The molecule has 0 aliphatic carbocycles. The summed E-state index contributed by atoms with van der Waals surface area (Å²) in [6.07, 6.45) is 1.53. The molecule has 6 heteroatoms. The van der Waals surface area contributed by atoms with Crippen molar-refractivity contribution in [1.82, 2.24) is 9.97 Å². The van der Waals surface area contributed by atoms with Gasteiger partial charge in [0.1, 0.15) is 5.52 Å². The molecule has 2 heterocycles. The zero-order chi connectivity index (χ0) is 15.5. The van der Waals surface area contributed by atoms with E-state index in [0.29, 0.717) is 17.2 Å². The van der Waals surface area contributed by atoms with E-state index in [0.717, 1.165) is 16.6 Å². The lowest BCUT2D eigenvalue weighted by molar-refractivity contribution is 0.318. The smallest absolute Gasteiger partial charge is 0.220 e. The first kappa shape index (κ1) is 13.8. The number of hydrogen-bond donors (Lipinski definition) is 2. The van der Waals surface area contributed by atoms with E-state index in [2.05, 4.69) is 15.1 Å². The minimum Gasteiger partial charge on any atom is -0.437 e. The maximum absolute atomic E-state index is 8.73. The Morgan fingerprint density at radius 1 is 1.23 bits per heavy atom. The molecule has 0 radical (unpaired) electrons.